The normalized spacial score (nSPS) is 15.7. The third-order valence-corrected chi connectivity index (χ3v) is 8.64. The molecule has 0 fully saturated rings. The first kappa shape index (κ1) is 23.8. The highest BCUT2D eigenvalue weighted by Gasteiger charge is 2.35. The van der Waals surface area contributed by atoms with Crippen LogP contribution in [-0.4, -0.2) is 11.7 Å². The van der Waals surface area contributed by atoms with E-state index in [9.17, 15) is 0 Å². The van der Waals surface area contributed by atoms with Crippen LogP contribution in [0.4, 0.5) is 0 Å². The van der Waals surface area contributed by atoms with Gasteiger partial charge in [-0.1, -0.05) is 123 Å². The standard InChI is InChI=1S/C38H29N3/c1-38(2)31-22-29(24-12-6-3-7-13-24)20-27-18-19-28-21-30(23-32(38)34(28)33(27)31)37-40-35(25-14-8-4-9-15-25)39-36(41-37)26-16-10-5-11-17-26/h3-23,37H,1-2H3,(H,39,40,41). The summed E-state index contributed by atoms with van der Waals surface area (Å²) in [5.74, 6) is 1.68. The average molecular weight is 528 g/mol. The van der Waals surface area contributed by atoms with Crippen LogP contribution in [0.25, 0.3) is 32.7 Å². The fraction of sp³-hybridized carbons (Fsp3) is 0.105. The SMILES string of the molecule is CC1(C)c2cc(-c3ccccc3)cc3ccc4cc(C5N=C(c6ccccc6)NC(c6ccccc6)=N5)cc1c4c23. The predicted molar refractivity (Wildman–Crippen MR) is 171 cm³/mol. The van der Waals surface area contributed by atoms with E-state index in [1.165, 1.54) is 43.8 Å². The summed E-state index contributed by atoms with van der Waals surface area (Å²) in [5, 5.41) is 8.79. The third kappa shape index (κ3) is 3.81. The zero-order valence-electron chi connectivity index (χ0n) is 23.1. The number of nitrogens with one attached hydrogen (secondary N) is 1. The van der Waals surface area contributed by atoms with Crippen LogP contribution < -0.4 is 5.32 Å². The van der Waals surface area contributed by atoms with Gasteiger partial charge in [-0.2, -0.15) is 0 Å². The molecule has 1 aliphatic carbocycles. The van der Waals surface area contributed by atoms with Gasteiger partial charge in [-0.3, -0.25) is 0 Å². The number of aliphatic imine (C=N–C) groups is 2. The van der Waals surface area contributed by atoms with Crippen molar-refractivity contribution in [3.63, 3.8) is 0 Å². The van der Waals surface area contributed by atoms with Gasteiger partial charge in [-0.15, -0.1) is 0 Å². The van der Waals surface area contributed by atoms with E-state index in [-0.39, 0.29) is 11.6 Å². The molecule has 0 aromatic heterocycles. The highest BCUT2D eigenvalue weighted by atomic mass is 15.2. The summed E-state index contributed by atoms with van der Waals surface area (Å²) in [5.41, 5.74) is 8.31. The largest absolute Gasteiger partial charge is 0.324 e. The summed E-state index contributed by atoms with van der Waals surface area (Å²) >= 11 is 0. The summed E-state index contributed by atoms with van der Waals surface area (Å²) in [6, 6.07) is 45.3. The van der Waals surface area contributed by atoms with Gasteiger partial charge in [0.15, 0.2) is 6.17 Å². The highest BCUT2D eigenvalue weighted by molar-refractivity contribution is 6.17. The molecule has 0 saturated heterocycles. The molecule has 3 heteroatoms. The lowest BCUT2D eigenvalue weighted by Crippen LogP contribution is -2.36. The van der Waals surface area contributed by atoms with Crippen LogP contribution in [0.15, 0.2) is 137 Å². The molecule has 2 aliphatic rings. The van der Waals surface area contributed by atoms with Crippen LogP contribution in [0.1, 0.15) is 47.8 Å². The van der Waals surface area contributed by atoms with Crippen molar-refractivity contribution < 1.29 is 0 Å². The van der Waals surface area contributed by atoms with Crippen molar-refractivity contribution >= 4 is 33.2 Å². The van der Waals surface area contributed by atoms with E-state index >= 15 is 0 Å². The smallest absolute Gasteiger partial charge is 0.169 e. The fourth-order valence-electron chi connectivity index (χ4n) is 6.51. The van der Waals surface area contributed by atoms with Gasteiger partial charge >= 0.3 is 0 Å². The number of nitrogens with zero attached hydrogens (tertiary/aromatic N) is 2. The molecule has 0 amide bonds. The summed E-state index contributed by atoms with van der Waals surface area (Å²) in [7, 11) is 0. The van der Waals surface area contributed by atoms with E-state index in [0.717, 1.165) is 28.4 Å². The van der Waals surface area contributed by atoms with Crippen LogP contribution in [0.2, 0.25) is 0 Å². The molecular weight excluding hydrogens is 498 g/mol. The molecule has 0 unspecified atom stereocenters. The van der Waals surface area contributed by atoms with Crippen LogP contribution in [0.5, 0.6) is 0 Å². The highest BCUT2D eigenvalue weighted by Crippen LogP contribution is 2.51. The second-order valence-corrected chi connectivity index (χ2v) is 11.5. The van der Waals surface area contributed by atoms with Gasteiger partial charge in [0, 0.05) is 16.5 Å². The summed E-state index contributed by atoms with van der Waals surface area (Å²) in [6.07, 6.45) is -0.350. The summed E-state index contributed by atoms with van der Waals surface area (Å²) in [6.45, 7) is 4.71. The first-order valence-electron chi connectivity index (χ1n) is 14.2. The second kappa shape index (κ2) is 9.00. The number of hydrogen-bond donors (Lipinski definition) is 1. The van der Waals surface area contributed by atoms with E-state index in [0.29, 0.717) is 0 Å². The van der Waals surface area contributed by atoms with E-state index in [4.69, 9.17) is 9.98 Å². The molecular formula is C38H29N3. The Bertz CT molecular complexity index is 1970. The Hall–Kier alpha value is -5.02. The minimum absolute atomic E-state index is 0.147. The van der Waals surface area contributed by atoms with E-state index in [1.807, 2.05) is 36.4 Å². The summed E-state index contributed by atoms with van der Waals surface area (Å²) < 4.78 is 0. The monoisotopic (exact) mass is 527 g/mol. The number of amidine groups is 2. The van der Waals surface area contributed by atoms with E-state index in [2.05, 4.69) is 110 Å². The van der Waals surface area contributed by atoms with Crippen molar-refractivity contribution in [3.05, 3.63) is 155 Å². The minimum atomic E-state index is -0.350. The van der Waals surface area contributed by atoms with Crippen molar-refractivity contribution in [2.45, 2.75) is 25.4 Å². The molecule has 1 N–H and O–H groups in total. The zero-order valence-corrected chi connectivity index (χ0v) is 23.1. The molecule has 0 bridgehead atoms. The zero-order chi connectivity index (χ0) is 27.6. The van der Waals surface area contributed by atoms with Gasteiger partial charge in [-0.25, -0.2) is 9.98 Å². The van der Waals surface area contributed by atoms with Gasteiger partial charge in [0.1, 0.15) is 11.7 Å². The number of hydrogen-bond acceptors (Lipinski definition) is 3. The minimum Gasteiger partial charge on any atom is -0.324 e. The topological polar surface area (TPSA) is 36.8 Å². The van der Waals surface area contributed by atoms with Crippen LogP contribution in [0.3, 0.4) is 0 Å². The molecule has 8 rings (SSSR count). The molecule has 0 radical (unpaired) electrons. The van der Waals surface area contributed by atoms with Crippen molar-refractivity contribution in [1.29, 1.82) is 0 Å². The Morgan fingerprint density at radius 2 is 1.00 bits per heavy atom. The molecule has 196 valence electrons. The molecule has 41 heavy (non-hydrogen) atoms. The number of benzene rings is 6. The van der Waals surface area contributed by atoms with Crippen LogP contribution in [0, 0.1) is 0 Å². The Morgan fingerprint density at radius 3 is 1.56 bits per heavy atom. The molecule has 0 spiro atoms. The fourth-order valence-corrected chi connectivity index (χ4v) is 6.51. The number of rotatable bonds is 4. The Labute approximate surface area is 239 Å². The molecule has 0 saturated carbocycles. The maximum absolute atomic E-state index is 5.16. The molecule has 3 nitrogen and oxygen atoms in total. The lowest BCUT2D eigenvalue weighted by atomic mass is 9.80. The molecule has 1 aliphatic heterocycles. The first-order valence-corrected chi connectivity index (χ1v) is 14.2. The maximum atomic E-state index is 5.16. The third-order valence-electron chi connectivity index (χ3n) is 8.64. The van der Waals surface area contributed by atoms with Crippen molar-refractivity contribution in [3.8, 4) is 11.1 Å². The van der Waals surface area contributed by atoms with Gasteiger partial charge in [-0.05, 0) is 67.6 Å². The lowest BCUT2D eigenvalue weighted by Gasteiger charge is -2.25. The maximum Gasteiger partial charge on any atom is 0.169 e. The molecule has 6 aromatic rings. The quantitative estimate of drug-likeness (QED) is 0.229. The van der Waals surface area contributed by atoms with Gasteiger partial charge in [0.2, 0.25) is 0 Å². The van der Waals surface area contributed by atoms with Crippen LogP contribution >= 0.6 is 0 Å². The van der Waals surface area contributed by atoms with Crippen molar-refractivity contribution in [2.24, 2.45) is 9.98 Å². The average Bonchev–Trinajstić information content (AvgIpc) is 3.27. The van der Waals surface area contributed by atoms with E-state index < -0.39 is 0 Å². The Balaban J connectivity index is 1.30. The van der Waals surface area contributed by atoms with E-state index in [1.54, 1.807) is 0 Å². The van der Waals surface area contributed by atoms with Gasteiger partial charge < -0.3 is 5.32 Å². The first-order chi connectivity index (χ1) is 20.1. The Kier molecular flexibility index (Phi) is 5.23. The van der Waals surface area contributed by atoms with Gasteiger partial charge in [0.25, 0.3) is 0 Å². The second-order valence-electron chi connectivity index (χ2n) is 11.5. The molecule has 1 heterocycles. The van der Waals surface area contributed by atoms with Gasteiger partial charge in [0.05, 0.1) is 0 Å². The van der Waals surface area contributed by atoms with Crippen LogP contribution in [-0.2, 0) is 5.41 Å². The molecule has 0 atom stereocenters. The lowest BCUT2D eigenvalue weighted by molar-refractivity contribution is 0.658. The van der Waals surface area contributed by atoms with Crippen molar-refractivity contribution in [2.75, 3.05) is 0 Å². The molecule has 6 aromatic carbocycles. The predicted octanol–water partition coefficient (Wildman–Crippen LogP) is 8.79. The summed E-state index contributed by atoms with van der Waals surface area (Å²) in [4.78, 5) is 10.3. The van der Waals surface area contributed by atoms with Crippen molar-refractivity contribution in [1.82, 2.24) is 5.32 Å². The Morgan fingerprint density at radius 1 is 0.512 bits per heavy atom.